The van der Waals surface area contributed by atoms with E-state index < -0.39 is 0 Å². The first-order valence-corrected chi connectivity index (χ1v) is 9.42. The number of nitrogens with zero attached hydrogens (tertiary/aromatic N) is 2. The second-order valence-corrected chi connectivity index (χ2v) is 8.02. The number of hydrogen-bond acceptors (Lipinski definition) is 4. The van der Waals surface area contributed by atoms with E-state index in [0.29, 0.717) is 24.0 Å². The number of carbonyl (C=O) groups is 1. The van der Waals surface area contributed by atoms with Crippen molar-refractivity contribution in [3.05, 3.63) is 29.3 Å². The molecule has 2 aliphatic carbocycles. The van der Waals surface area contributed by atoms with E-state index in [4.69, 9.17) is 4.74 Å². The first-order chi connectivity index (χ1) is 12.1. The van der Waals surface area contributed by atoms with Gasteiger partial charge in [-0.2, -0.15) is 5.26 Å². The molecule has 25 heavy (non-hydrogen) atoms. The number of likely N-dealkylation sites (tertiary alicyclic amines) is 1. The first kappa shape index (κ1) is 16.4. The van der Waals surface area contributed by atoms with Crippen LogP contribution in [0.25, 0.3) is 0 Å². The molecule has 5 atom stereocenters. The van der Waals surface area contributed by atoms with Crippen LogP contribution in [0.15, 0.2) is 18.2 Å². The Hall–Kier alpha value is -2.02. The van der Waals surface area contributed by atoms with Crippen molar-refractivity contribution in [1.29, 1.82) is 5.26 Å². The fourth-order valence-corrected chi connectivity index (χ4v) is 6.07. The Morgan fingerprint density at radius 1 is 1.44 bits per heavy atom. The smallest absolute Gasteiger partial charge is 0.179 e. The lowest BCUT2D eigenvalue weighted by Gasteiger charge is -2.61. The highest BCUT2D eigenvalue weighted by molar-refractivity contribution is 5.84. The summed E-state index contributed by atoms with van der Waals surface area (Å²) in [5.74, 6) is 2.08. The van der Waals surface area contributed by atoms with Crippen LogP contribution in [0.2, 0.25) is 0 Å². The van der Waals surface area contributed by atoms with Gasteiger partial charge < -0.3 is 9.64 Å². The number of nitriles is 1. The van der Waals surface area contributed by atoms with Gasteiger partial charge in [-0.3, -0.25) is 4.79 Å². The van der Waals surface area contributed by atoms with Crippen LogP contribution in [0.4, 0.5) is 0 Å². The number of ketones is 1. The molecule has 4 rings (SSSR count). The number of ether oxygens (including phenoxy) is 1. The molecule has 1 aliphatic heterocycles. The number of fused-ring (bicyclic) bond motifs is 1. The zero-order valence-electron chi connectivity index (χ0n) is 15.3. The third-order valence-corrected chi connectivity index (χ3v) is 7.24. The van der Waals surface area contributed by atoms with Crippen LogP contribution in [0.3, 0.4) is 0 Å². The molecule has 1 aromatic rings. The highest BCUT2D eigenvalue weighted by Crippen LogP contribution is 2.58. The van der Waals surface area contributed by atoms with E-state index in [-0.39, 0.29) is 17.4 Å². The number of carbonyl (C=O) groups excluding carboxylic acids is 1. The molecule has 0 unspecified atom stereocenters. The summed E-state index contributed by atoms with van der Waals surface area (Å²) in [4.78, 5) is 14.9. The SMILES string of the molecule is CC[C@H]1[C@H]2[C@H]3Cc4ccc(OC)cc4[C@@]2(CCN3C#N)CC(=O)[C@H]1C. The largest absolute Gasteiger partial charge is 0.497 e. The maximum absolute atomic E-state index is 12.9. The predicted molar refractivity (Wildman–Crippen MR) is 95.2 cm³/mol. The zero-order chi connectivity index (χ0) is 17.8. The quantitative estimate of drug-likeness (QED) is 0.777. The number of piperidine rings is 1. The van der Waals surface area contributed by atoms with E-state index in [2.05, 4.69) is 32.2 Å². The molecule has 0 amide bonds. The fourth-order valence-electron chi connectivity index (χ4n) is 6.07. The summed E-state index contributed by atoms with van der Waals surface area (Å²) in [6.07, 6.45) is 5.83. The van der Waals surface area contributed by atoms with E-state index in [1.165, 1.54) is 11.1 Å². The zero-order valence-corrected chi connectivity index (χ0v) is 15.3. The molecule has 0 radical (unpaired) electrons. The van der Waals surface area contributed by atoms with Gasteiger partial charge in [0.2, 0.25) is 0 Å². The summed E-state index contributed by atoms with van der Waals surface area (Å²) >= 11 is 0. The van der Waals surface area contributed by atoms with Gasteiger partial charge in [0.1, 0.15) is 11.5 Å². The van der Waals surface area contributed by atoms with Crippen LogP contribution in [0.5, 0.6) is 5.75 Å². The van der Waals surface area contributed by atoms with Gasteiger partial charge in [0.15, 0.2) is 6.19 Å². The predicted octanol–water partition coefficient (Wildman–Crippen LogP) is 3.30. The molecule has 1 saturated carbocycles. The summed E-state index contributed by atoms with van der Waals surface area (Å²) in [5, 5.41) is 9.69. The topological polar surface area (TPSA) is 53.3 Å². The van der Waals surface area contributed by atoms with E-state index in [9.17, 15) is 10.1 Å². The van der Waals surface area contributed by atoms with Gasteiger partial charge in [-0.15, -0.1) is 0 Å². The Morgan fingerprint density at radius 3 is 2.92 bits per heavy atom. The number of Topliss-reactive ketones (excluding diaryl/α,β-unsaturated/α-hetero) is 1. The van der Waals surface area contributed by atoms with Gasteiger partial charge in [0, 0.05) is 30.3 Å². The van der Waals surface area contributed by atoms with E-state index in [1.54, 1.807) is 7.11 Å². The first-order valence-electron chi connectivity index (χ1n) is 9.42. The molecule has 0 spiro atoms. The van der Waals surface area contributed by atoms with Crippen molar-refractivity contribution in [1.82, 2.24) is 4.90 Å². The maximum Gasteiger partial charge on any atom is 0.179 e. The van der Waals surface area contributed by atoms with Crippen molar-refractivity contribution >= 4 is 5.78 Å². The van der Waals surface area contributed by atoms with Crippen LogP contribution in [0.1, 0.15) is 44.2 Å². The van der Waals surface area contributed by atoms with Gasteiger partial charge in [-0.05, 0) is 47.9 Å². The average Bonchev–Trinajstić information content (AvgIpc) is 2.62. The van der Waals surface area contributed by atoms with Crippen LogP contribution in [0, 0.1) is 29.2 Å². The summed E-state index contributed by atoms with van der Waals surface area (Å²) in [5.41, 5.74) is 2.48. The molecule has 3 aliphatic rings. The standard InChI is InChI=1S/C21H26N2O2/c1-4-16-13(2)19(24)11-21-7-8-23(12-22)18(20(16)21)9-14-5-6-15(25-3)10-17(14)21/h5-6,10,13,16,18,20H,4,7-9,11H2,1-3H3/t13-,16+,18+,20-,21+/m0/s1. The van der Waals surface area contributed by atoms with Crippen molar-refractivity contribution in [2.75, 3.05) is 13.7 Å². The van der Waals surface area contributed by atoms with Crippen LogP contribution < -0.4 is 4.74 Å². The summed E-state index contributed by atoms with van der Waals surface area (Å²) in [7, 11) is 1.70. The lowest BCUT2D eigenvalue weighted by atomic mass is 9.47. The molecule has 132 valence electrons. The molecule has 2 bridgehead atoms. The van der Waals surface area contributed by atoms with E-state index >= 15 is 0 Å². The molecule has 1 saturated heterocycles. The Balaban J connectivity index is 1.93. The number of methoxy groups -OCH3 is 1. The fraction of sp³-hybridized carbons (Fsp3) is 0.619. The second kappa shape index (κ2) is 5.76. The van der Waals surface area contributed by atoms with Crippen LogP contribution in [-0.4, -0.2) is 30.4 Å². The molecule has 4 heteroatoms. The third kappa shape index (κ3) is 2.14. The van der Waals surface area contributed by atoms with Gasteiger partial charge in [-0.1, -0.05) is 26.3 Å². The van der Waals surface area contributed by atoms with Crippen molar-refractivity contribution in [3.8, 4) is 11.9 Å². The van der Waals surface area contributed by atoms with Gasteiger partial charge in [0.05, 0.1) is 7.11 Å². The molecule has 4 nitrogen and oxygen atoms in total. The maximum atomic E-state index is 12.9. The van der Waals surface area contributed by atoms with E-state index in [0.717, 1.165) is 31.6 Å². The molecular formula is C21H26N2O2. The highest BCUT2D eigenvalue weighted by atomic mass is 16.5. The van der Waals surface area contributed by atoms with E-state index in [1.807, 2.05) is 11.0 Å². The number of benzene rings is 1. The Kier molecular flexibility index (Phi) is 3.79. The minimum atomic E-state index is -0.121. The number of rotatable bonds is 2. The number of hydrogen-bond donors (Lipinski definition) is 0. The molecule has 0 aromatic heterocycles. The van der Waals surface area contributed by atoms with Crippen molar-refractivity contribution in [3.63, 3.8) is 0 Å². The van der Waals surface area contributed by atoms with Crippen LogP contribution in [-0.2, 0) is 16.6 Å². The van der Waals surface area contributed by atoms with Gasteiger partial charge in [0.25, 0.3) is 0 Å². The second-order valence-electron chi connectivity index (χ2n) is 8.02. The average molecular weight is 338 g/mol. The Labute approximate surface area is 149 Å². The van der Waals surface area contributed by atoms with Crippen molar-refractivity contribution < 1.29 is 9.53 Å². The van der Waals surface area contributed by atoms with Crippen molar-refractivity contribution in [2.45, 2.75) is 51.0 Å². The Bertz CT molecular complexity index is 753. The van der Waals surface area contributed by atoms with Crippen molar-refractivity contribution in [2.24, 2.45) is 17.8 Å². The highest BCUT2D eigenvalue weighted by Gasteiger charge is 2.60. The molecule has 1 heterocycles. The minimum Gasteiger partial charge on any atom is -0.497 e. The molecule has 1 aromatic carbocycles. The summed E-state index contributed by atoms with van der Waals surface area (Å²) in [6, 6.07) is 6.53. The lowest BCUT2D eigenvalue weighted by molar-refractivity contribution is -0.137. The van der Waals surface area contributed by atoms with Gasteiger partial charge in [-0.25, -0.2) is 0 Å². The van der Waals surface area contributed by atoms with Gasteiger partial charge >= 0.3 is 0 Å². The third-order valence-electron chi connectivity index (χ3n) is 7.24. The normalized spacial score (nSPS) is 36.2. The molecule has 2 fully saturated rings. The Morgan fingerprint density at radius 2 is 2.24 bits per heavy atom. The summed E-state index contributed by atoms with van der Waals surface area (Å²) < 4.78 is 5.49. The molecular weight excluding hydrogens is 312 g/mol. The summed E-state index contributed by atoms with van der Waals surface area (Å²) in [6.45, 7) is 5.05. The molecule has 0 N–H and O–H groups in total. The monoisotopic (exact) mass is 338 g/mol. The minimum absolute atomic E-state index is 0.0939. The lowest BCUT2D eigenvalue weighted by Crippen LogP contribution is -2.64. The van der Waals surface area contributed by atoms with Crippen LogP contribution >= 0.6 is 0 Å².